The summed E-state index contributed by atoms with van der Waals surface area (Å²) in [7, 11) is 0. The third kappa shape index (κ3) is 4.65. The lowest BCUT2D eigenvalue weighted by Crippen LogP contribution is -2.31. The molecule has 0 radical (unpaired) electrons. The number of carbonyl (C=O) groups excluding carboxylic acids is 1. The zero-order chi connectivity index (χ0) is 25.2. The van der Waals surface area contributed by atoms with Gasteiger partial charge < -0.3 is 15.4 Å². The number of hydrogen-bond acceptors (Lipinski definition) is 6. The number of aromatic nitrogens is 4. The molecule has 0 spiro atoms. The highest BCUT2D eigenvalue weighted by atomic mass is 35.5. The van der Waals surface area contributed by atoms with Crippen LogP contribution in [0.5, 0.6) is 5.75 Å². The first kappa shape index (κ1) is 23.8. The number of amides is 1. The second kappa shape index (κ2) is 10.0. The van der Waals surface area contributed by atoms with Crippen LogP contribution < -0.4 is 15.4 Å². The van der Waals surface area contributed by atoms with Crippen LogP contribution in [0.25, 0.3) is 0 Å². The summed E-state index contributed by atoms with van der Waals surface area (Å²) in [6, 6.07) is 19.9. The number of allylic oxidation sites excluding steroid dienone is 1. The highest BCUT2D eigenvalue weighted by molar-refractivity contribution is 6.35. The van der Waals surface area contributed by atoms with E-state index in [0.717, 1.165) is 22.4 Å². The number of nitrogens with zero attached hydrogens (tertiary/aromatic N) is 4. The standard InChI is InChI=1S/C26H22Cl2N6O2/c1-15-6-3-4-9-22(15)30-25(35)23-16(2)29-26-31-32-33-34(26)24(23)17-10-12-18(13-11-17)36-14-19-20(27)7-5-8-21(19)28/h3-13,24H,14H2,1-2H3,(H,30,35)(H,29,31,33). The van der Waals surface area contributed by atoms with Gasteiger partial charge in [0.25, 0.3) is 5.91 Å². The molecule has 182 valence electrons. The maximum atomic E-state index is 13.5. The molecule has 36 heavy (non-hydrogen) atoms. The van der Waals surface area contributed by atoms with E-state index in [1.165, 1.54) is 0 Å². The number of halogens is 2. The normalized spacial score (nSPS) is 14.7. The largest absolute Gasteiger partial charge is 0.489 e. The summed E-state index contributed by atoms with van der Waals surface area (Å²) in [5.74, 6) is 0.847. The first-order valence-electron chi connectivity index (χ1n) is 11.2. The van der Waals surface area contributed by atoms with E-state index < -0.39 is 6.04 Å². The van der Waals surface area contributed by atoms with E-state index in [1.54, 1.807) is 22.9 Å². The Labute approximate surface area is 217 Å². The van der Waals surface area contributed by atoms with E-state index in [4.69, 9.17) is 27.9 Å². The Morgan fingerprint density at radius 1 is 1.03 bits per heavy atom. The Morgan fingerprint density at radius 2 is 1.75 bits per heavy atom. The SMILES string of the molecule is CC1=C(C(=O)Nc2ccccc2C)C(c2ccc(OCc3c(Cl)cccc3Cl)cc2)n2nnnc2N1. The Kier molecular flexibility index (Phi) is 6.63. The van der Waals surface area contributed by atoms with Crippen LogP contribution in [-0.2, 0) is 11.4 Å². The van der Waals surface area contributed by atoms with Crippen molar-refractivity contribution >= 4 is 40.7 Å². The zero-order valence-corrected chi connectivity index (χ0v) is 21.0. The fourth-order valence-electron chi connectivity index (χ4n) is 4.09. The molecule has 1 aromatic heterocycles. The number of tetrazole rings is 1. The lowest BCUT2D eigenvalue weighted by molar-refractivity contribution is -0.113. The van der Waals surface area contributed by atoms with Crippen LogP contribution in [0.4, 0.5) is 11.6 Å². The van der Waals surface area contributed by atoms with E-state index in [2.05, 4.69) is 26.2 Å². The molecule has 0 fully saturated rings. The number of fused-ring (bicyclic) bond motifs is 1. The smallest absolute Gasteiger partial charge is 0.255 e. The summed E-state index contributed by atoms with van der Waals surface area (Å²) >= 11 is 12.5. The fourth-order valence-corrected chi connectivity index (χ4v) is 4.60. The van der Waals surface area contributed by atoms with Crippen molar-refractivity contribution in [2.24, 2.45) is 0 Å². The molecule has 1 aliphatic rings. The molecule has 0 saturated carbocycles. The van der Waals surface area contributed by atoms with Gasteiger partial charge in [-0.1, -0.05) is 64.7 Å². The van der Waals surface area contributed by atoms with Crippen molar-refractivity contribution in [2.75, 3.05) is 10.6 Å². The predicted octanol–water partition coefficient (Wildman–Crippen LogP) is 5.79. The molecule has 1 unspecified atom stereocenters. The minimum Gasteiger partial charge on any atom is -0.489 e. The van der Waals surface area contributed by atoms with Gasteiger partial charge in [-0.05, 0) is 65.7 Å². The van der Waals surface area contributed by atoms with Crippen molar-refractivity contribution in [3.05, 3.63) is 105 Å². The van der Waals surface area contributed by atoms with Crippen LogP contribution in [0, 0.1) is 6.92 Å². The average molecular weight is 521 g/mol. The zero-order valence-electron chi connectivity index (χ0n) is 19.5. The minimum absolute atomic E-state index is 0.228. The van der Waals surface area contributed by atoms with Gasteiger partial charge in [-0.25, -0.2) is 0 Å². The Bertz CT molecular complexity index is 1450. The van der Waals surface area contributed by atoms with Crippen LogP contribution in [-0.4, -0.2) is 26.1 Å². The Hall–Kier alpha value is -3.88. The third-order valence-electron chi connectivity index (χ3n) is 5.99. The van der Waals surface area contributed by atoms with Crippen molar-refractivity contribution in [3.8, 4) is 5.75 Å². The summed E-state index contributed by atoms with van der Waals surface area (Å²) in [5.41, 5.74) is 4.42. The summed E-state index contributed by atoms with van der Waals surface area (Å²) in [5, 5.41) is 19.2. The molecular weight excluding hydrogens is 499 g/mol. The van der Waals surface area contributed by atoms with Gasteiger partial charge in [0.1, 0.15) is 18.4 Å². The molecule has 10 heteroatoms. The number of carbonyl (C=O) groups is 1. The van der Waals surface area contributed by atoms with Gasteiger partial charge in [-0.15, -0.1) is 0 Å². The van der Waals surface area contributed by atoms with Crippen LogP contribution in [0.2, 0.25) is 10.0 Å². The first-order valence-corrected chi connectivity index (χ1v) is 12.0. The van der Waals surface area contributed by atoms with Crippen LogP contribution >= 0.6 is 23.2 Å². The first-order chi connectivity index (χ1) is 17.4. The van der Waals surface area contributed by atoms with E-state index in [-0.39, 0.29) is 12.5 Å². The third-order valence-corrected chi connectivity index (χ3v) is 6.70. The molecule has 0 saturated heterocycles. The maximum Gasteiger partial charge on any atom is 0.255 e. The van der Waals surface area contributed by atoms with E-state index in [9.17, 15) is 4.79 Å². The highest BCUT2D eigenvalue weighted by Crippen LogP contribution is 2.36. The van der Waals surface area contributed by atoms with Gasteiger partial charge >= 0.3 is 0 Å². The molecule has 2 N–H and O–H groups in total. The molecule has 1 aliphatic heterocycles. The lowest BCUT2D eigenvalue weighted by Gasteiger charge is -2.28. The van der Waals surface area contributed by atoms with Gasteiger partial charge in [-0.3, -0.25) is 4.79 Å². The highest BCUT2D eigenvalue weighted by Gasteiger charge is 2.34. The van der Waals surface area contributed by atoms with Gasteiger partial charge in [0.05, 0.1) is 5.57 Å². The maximum absolute atomic E-state index is 13.5. The van der Waals surface area contributed by atoms with Crippen molar-refractivity contribution in [1.82, 2.24) is 20.2 Å². The predicted molar refractivity (Wildman–Crippen MR) is 139 cm³/mol. The summed E-state index contributed by atoms with van der Waals surface area (Å²) in [6.07, 6.45) is 0. The van der Waals surface area contributed by atoms with Gasteiger partial charge in [-0.2, -0.15) is 4.68 Å². The van der Waals surface area contributed by atoms with E-state index in [0.29, 0.717) is 33.0 Å². The van der Waals surface area contributed by atoms with Crippen molar-refractivity contribution in [1.29, 1.82) is 0 Å². The molecule has 1 atom stereocenters. The number of hydrogen-bond donors (Lipinski definition) is 2. The molecule has 0 bridgehead atoms. The average Bonchev–Trinajstić information content (AvgIpc) is 3.33. The van der Waals surface area contributed by atoms with Crippen molar-refractivity contribution < 1.29 is 9.53 Å². The fraction of sp³-hybridized carbons (Fsp3) is 0.154. The van der Waals surface area contributed by atoms with Gasteiger partial charge in [0, 0.05) is 27.0 Å². The number of ether oxygens (including phenoxy) is 1. The Morgan fingerprint density at radius 3 is 2.47 bits per heavy atom. The van der Waals surface area contributed by atoms with Crippen LogP contribution in [0.3, 0.4) is 0 Å². The molecule has 5 rings (SSSR count). The van der Waals surface area contributed by atoms with Crippen molar-refractivity contribution in [3.63, 3.8) is 0 Å². The van der Waals surface area contributed by atoms with Gasteiger partial charge in [0.2, 0.25) is 5.95 Å². The molecule has 3 aromatic carbocycles. The molecule has 4 aromatic rings. The number of rotatable bonds is 6. The summed E-state index contributed by atoms with van der Waals surface area (Å²) < 4.78 is 7.51. The number of benzene rings is 3. The molecule has 2 heterocycles. The second-order valence-corrected chi connectivity index (χ2v) is 9.15. The number of anilines is 2. The molecule has 1 amide bonds. The quantitative estimate of drug-likeness (QED) is 0.334. The number of para-hydroxylation sites is 1. The van der Waals surface area contributed by atoms with E-state index in [1.807, 2.05) is 62.4 Å². The summed E-state index contributed by atoms with van der Waals surface area (Å²) in [6.45, 7) is 4.01. The Balaban J connectivity index is 1.42. The molecule has 0 aliphatic carbocycles. The van der Waals surface area contributed by atoms with E-state index >= 15 is 0 Å². The molecular formula is C26H22Cl2N6O2. The monoisotopic (exact) mass is 520 g/mol. The lowest BCUT2D eigenvalue weighted by atomic mass is 9.95. The van der Waals surface area contributed by atoms with Crippen molar-refractivity contribution in [2.45, 2.75) is 26.5 Å². The molecule has 8 nitrogen and oxygen atoms in total. The van der Waals surface area contributed by atoms with Crippen LogP contribution in [0.1, 0.15) is 29.7 Å². The topological polar surface area (TPSA) is 94.0 Å². The van der Waals surface area contributed by atoms with Crippen LogP contribution in [0.15, 0.2) is 78.0 Å². The number of nitrogens with one attached hydrogen (secondary N) is 2. The second-order valence-electron chi connectivity index (χ2n) is 8.34. The summed E-state index contributed by atoms with van der Waals surface area (Å²) in [4.78, 5) is 13.5. The number of aryl methyl sites for hydroxylation is 1. The van der Waals surface area contributed by atoms with Gasteiger partial charge in [0.15, 0.2) is 0 Å². The minimum atomic E-state index is -0.535.